The van der Waals surface area contributed by atoms with E-state index in [2.05, 4.69) is 5.32 Å². The molecule has 2 aliphatic heterocycles. The number of amides is 3. The number of anilines is 1. The first-order valence-corrected chi connectivity index (χ1v) is 8.24. The number of para-hydroxylation sites is 1. The summed E-state index contributed by atoms with van der Waals surface area (Å²) in [5.41, 5.74) is 0.294. The van der Waals surface area contributed by atoms with E-state index < -0.39 is 18.2 Å². The molecule has 0 saturated carbocycles. The Hall–Kier alpha value is -2.77. The van der Waals surface area contributed by atoms with Crippen molar-refractivity contribution < 1.29 is 24.6 Å². The molecule has 3 N–H and O–H groups in total. The summed E-state index contributed by atoms with van der Waals surface area (Å²) < 4.78 is 0. The quantitative estimate of drug-likeness (QED) is 0.759. The molecule has 3 rings (SSSR count). The summed E-state index contributed by atoms with van der Waals surface area (Å²) in [6.07, 6.45) is -0.519. The van der Waals surface area contributed by atoms with Crippen LogP contribution in [-0.2, 0) is 4.79 Å². The number of likely N-dealkylation sites (tertiary alicyclic amines) is 2. The topological polar surface area (TPSA) is 110 Å². The number of piperidine rings is 1. The van der Waals surface area contributed by atoms with E-state index in [1.165, 1.54) is 9.80 Å². The van der Waals surface area contributed by atoms with Crippen LogP contribution in [-0.4, -0.2) is 63.8 Å². The van der Waals surface area contributed by atoms with Gasteiger partial charge in [-0.25, -0.2) is 9.59 Å². The third-order valence-corrected chi connectivity index (χ3v) is 5.19. The standard InChI is InChI=1S/C17H21N3O5/c21-14(18-12-4-2-1-3-5-12)13-10-17(11-20(13)16(24)25)6-8-19(9-7-17)15(22)23/h1-5,13H,6-11H2,(H,18,21)(H,22,23)(H,24,25). The first-order chi connectivity index (χ1) is 11.9. The van der Waals surface area contributed by atoms with Crippen LogP contribution >= 0.6 is 0 Å². The first kappa shape index (κ1) is 17.1. The van der Waals surface area contributed by atoms with Gasteiger partial charge in [-0.3, -0.25) is 9.69 Å². The molecule has 3 amide bonds. The zero-order valence-electron chi connectivity index (χ0n) is 13.7. The van der Waals surface area contributed by atoms with Crippen LogP contribution in [0.5, 0.6) is 0 Å². The molecule has 2 fully saturated rings. The van der Waals surface area contributed by atoms with Gasteiger partial charge >= 0.3 is 12.2 Å². The van der Waals surface area contributed by atoms with Gasteiger partial charge in [0, 0.05) is 25.3 Å². The summed E-state index contributed by atoms with van der Waals surface area (Å²) in [5.74, 6) is -0.342. The van der Waals surface area contributed by atoms with Crippen molar-refractivity contribution >= 4 is 23.8 Å². The fourth-order valence-electron chi connectivity index (χ4n) is 3.77. The summed E-state index contributed by atoms with van der Waals surface area (Å²) in [5, 5.41) is 21.3. The lowest BCUT2D eigenvalue weighted by Crippen LogP contribution is -2.44. The minimum atomic E-state index is -1.12. The molecule has 8 nitrogen and oxygen atoms in total. The van der Waals surface area contributed by atoms with Gasteiger partial charge in [-0.2, -0.15) is 0 Å². The Bertz CT molecular complexity index is 670. The molecular formula is C17H21N3O5. The summed E-state index contributed by atoms with van der Waals surface area (Å²) >= 11 is 0. The molecule has 0 bridgehead atoms. The van der Waals surface area contributed by atoms with E-state index in [1.807, 2.05) is 6.07 Å². The van der Waals surface area contributed by atoms with Crippen LogP contribution in [0.15, 0.2) is 30.3 Å². The zero-order chi connectivity index (χ0) is 18.0. The molecule has 2 saturated heterocycles. The van der Waals surface area contributed by atoms with Gasteiger partial charge < -0.3 is 20.4 Å². The van der Waals surface area contributed by atoms with Crippen molar-refractivity contribution in [2.45, 2.75) is 25.3 Å². The van der Waals surface area contributed by atoms with E-state index in [9.17, 15) is 19.5 Å². The molecule has 2 aliphatic rings. The molecule has 1 unspecified atom stereocenters. The number of nitrogens with one attached hydrogen (secondary N) is 1. The average Bonchev–Trinajstić information content (AvgIpc) is 2.96. The third-order valence-electron chi connectivity index (χ3n) is 5.19. The third kappa shape index (κ3) is 3.52. The number of nitrogens with zero attached hydrogens (tertiary/aromatic N) is 2. The fraction of sp³-hybridized carbons (Fsp3) is 0.471. The Kier molecular flexibility index (Phi) is 4.52. The largest absolute Gasteiger partial charge is 0.465 e. The number of carboxylic acid groups (broad SMARTS) is 2. The number of carbonyl (C=O) groups excluding carboxylic acids is 1. The Morgan fingerprint density at radius 3 is 2.24 bits per heavy atom. The highest BCUT2D eigenvalue weighted by Gasteiger charge is 2.50. The molecule has 1 spiro atoms. The molecule has 0 radical (unpaired) electrons. The highest BCUT2D eigenvalue weighted by Crippen LogP contribution is 2.43. The number of carbonyl (C=O) groups is 3. The highest BCUT2D eigenvalue weighted by molar-refractivity contribution is 5.96. The van der Waals surface area contributed by atoms with Gasteiger partial charge in [-0.05, 0) is 36.8 Å². The summed E-state index contributed by atoms with van der Waals surface area (Å²) in [6, 6.07) is 8.16. The monoisotopic (exact) mass is 347 g/mol. The van der Waals surface area contributed by atoms with Crippen molar-refractivity contribution in [2.75, 3.05) is 25.0 Å². The molecule has 1 atom stereocenters. The summed E-state index contributed by atoms with van der Waals surface area (Å²) in [6.45, 7) is 1.01. The normalized spacial score (nSPS) is 22.0. The molecule has 25 heavy (non-hydrogen) atoms. The summed E-state index contributed by atoms with van der Waals surface area (Å²) in [4.78, 5) is 37.8. The second kappa shape index (κ2) is 6.62. The predicted octanol–water partition coefficient (Wildman–Crippen LogP) is 2.14. The van der Waals surface area contributed by atoms with Crippen molar-refractivity contribution in [2.24, 2.45) is 5.41 Å². The van der Waals surface area contributed by atoms with Crippen LogP contribution in [0.2, 0.25) is 0 Å². The van der Waals surface area contributed by atoms with E-state index in [1.54, 1.807) is 24.3 Å². The lowest BCUT2D eigenvalue weighted by atomic mass is 9.76. The minimum absolute atomic E-state index is 0.267. The number of hydrogen-bond acceptors (Lipinski definition) is 3. The lowest BCUT2D eigenvalue weighted by Gasteiger charge is -2.37. The van der Waals surface area contributed by atoms with Gasteiger partial charge in [0.05, 0.1) is 0 Å². The van der Waals surface area contributed by atoms with Crippen LogP contribution in [0.1, 0.15) is 19.3 Å². The molecule has 2 heterocycles. The van der Waals surface area contributed by atoms with Crippen molar-refractivity contribution in [1.82, 2.24) is 9.80 Å². The van der Waals surface area contributed by atoms with E-state index in [0.29, 0.717) is 38.0 Å². The SMILES string of the molecule is O=C(Nc1ccccc1)C1CC2(CCN(C(=O)O)CC2)CN1C(=O)O. The van der Waals surface area contributed by atoms with E-state index in [4.69, 9.17) is 5.11 Å². The van der Waals surface area contributed by atoms with E-state index in [-0.39, 0.29) is 17.9 Å². The maximum atomic E-state index is 12.6. The van der Waals surface area contributed by atoms with Gasteiger partial charge in [-0.1, -0.05) is 18.2 Å². The van der Waals surface area contributed by atoms with Gasteiger partial charge in [0.25, 0.3) is 0 Å². The zero-order valence-corrected chi connectivity index (χ0v) is 13.7. The van der Waals surface area contributed by atoms with Crippen molar-refractivity contribution in [1.29, 1.82) is 0 Å². The molecular weight excluding hydrogens is 326 g/mol. The van der Waals surface area contributed by atoms with Gasteiger partial charge in [0.15, 0.2) is 0 Å². The van der Waals surface area contributed by atoms with Crippen molar-refractivity contribution in [3.05, 3.63) is 30.3 Å². The molecule has 0 aliphatic carbocycles. The van der Waals surface area contributed by atoms with Crippen molar-refractivity contribution in [3.8, 4) is 0 Å². The lowest BCUT2D eigenvalue weighted by molar-refractivity contribution is -0.120. The Morgan fingerprint density at radius 1 is 1.04 bits per heavy atom. The van der Waals surface area contributed by atoms with Crippen molar-refractivity contribution in [3.63, 3.8) is 0 Å². The van der Waals surface area contributed by atoms with Crippen LogP contribution < -0.4 is 5.32 Å². The Labute approximate surface area is 145 Å². The van der Waals surface area contributed by atoms with Crippen LogP contribution in [0.25, 0.3) is 0 Å². The molecule has 1 aromatic rings. The second-order valence-electron chi connectivity index (χ2n) is 6.76. The van der Waals surface area contributed by atoms with Gasteiger partial charge in [0.2, 0.25) is 5.91 Å². The Balaban J connectivity index is 1.72. The molecule has 0 aromatic heterocycles. The maximum Gasteiger partial charge on any atom is 0.407 e. The van der Waals surface area contributed by atoms with Crippen LogP contribution in [0, 0.1) is 5.41 Å². The molecule has 134 valence electrons. The highest BCUT2D eigenvalue weighted by atomic mass is 16.4. The van der Waals surface area contributed by atoms with E-state index in [0.717, 1.165) is 0 Å². The second-order valence-corrected chi connectivity index (χ2v) is 6.76. The number of benzene rings is 1. The average molecular weight is 347 g/mol. The fourth-order valence-corrected chi connectivity index (χ4v) is 3.77. The smallest absolute Gasteiger partial charge is 0.407 e. The van der Waals surface area contributed by atoms with Gasteiger partial charge in [-0.15, -0.1) is 0 Å². The molecule has 1 aromatic carbocycles. The minimum Gasteiger partial charge on any atom is -0.465 e. The first-order valence-electron chi connectivity index (χ1n) is 8.24. The number of rotatable bonds is 2. The molecule has 8 heteroatoms. The van der Waals surface area contributed by atoms with Crippen LogP contribution in [0.3, 0.4) is 0 Å². The predicted molar refractivity (Wildman–Crippen MR) is 89.5 cm³/mol. The Morgan fingerprint density at radius 2 is 1.68 bits per heavy atom. The maximum absolute atomic E-state index is 12.6. The van der Waals surface area contributed by atoms with Gasteiger partial charge in [0.1, 0.15) is 6.04 Å². The number of hydrogen-bond donors (Lipinski definition) is 3. The van der Waals surface area contributed by atoms with E-state index >= 15 is 0 Å². The summed E-state index contributed by atoms with van der Waals surface area (Å²) in [7, 11) is 0. The van der Waals surface area contributed by atoms with Crippen LogP contribution in [0.4, 0.5) is 15.3 Å².